The van der Waals surface area contributed by atoms with Crippen molar-refractivity contribution in [3.05, 3.63) is 12.3 Å². The van der Waals surface area contributed by atoms with Gasteiger partial charge in [0.25, 0.3) is 10.1 Å². The van der Waals surface area contributed by atoms with E-state index in [2.05, 4.69) is 6.58 Å². The van der Waals surface area contributed by atoms with Crippen LogP contribution in [0.15, 0.2) is 12.3 Å². The zero-order chi connectivity index (χ0) is 10.2. The Bertz CT molecular complexity index is 198. The molecule has 74 valence electrons. The number of rotatable bonds is 3. The highest BCUT2D eigenvalue weighted by Gasteiger charge is 1.83. The molecule has 5 nitrogen and oxygen atoms in total. The Morgan fingerprint density at radius 1 is 1.58 bits per heavy atom. The Labute approximate surface area is 72.4 Å². The molecule has 0 aromatic rings. The molecule has 0 bridgehead atoms. The van der Waals surface area contributed by atoms with Gasteiger partial charge in [-0.05, 0) is 6.92 Å². The molecule has 0 aliphatic carbocycles. The Morgan fingerprint density at radius 2 is 1.92 bits per heavy atom. The molecule has 0 aromatic heterocycles. The maximum atomic E-state index is 9.19. The lowest BCUT2D eigenvalue weighted by Gasteiger charge is -1.99. The van der Waals surface area contributed by atoms with Gasteiger partial charge in [-0.1, -0.05) is 6.58 Å². The summed E-state index contributed by atoms with van der Waals surface area (Å²) in [5, 5.41) is 8.24. The van der Waals surface area contributed by atoms with Crippen molar-refractivity contribution >= 4 is 10.1 Å². The van der Waals surface area contributed by atoms with Gasteiger partial charge in [0, 0.05) is 0 Å². The van der Waals surface area contributed by atoms with E-state index in [-0.39, 0.29) is 6.61 Å². The molecule has 0 aliphatic rings. The quantitative estimate of drug-likeness (QED) is 0.494. The molecule has 0 fully saturated rings. The standard InChI is InChI=1S/C5H10O2.CH4O3S/c1-3-7-5(2)4-6;1-5(2,3)4/h6H,2-4H2,1H3;1H3,(H,2,3,4). The van der Waals surface area contributed by atoms with Gasteiger partial charge in [0.1, 0.15) is 5.76 Å². The van der Waals surface area contributed by atoms with Crippen LogP contribution >= 0.6 is 0 Å². The largest absolute Gasteiger partial charge is 0.496 e. The number of hydrogen-bond donors (Lipinski definition) is 2. The lowest BCUT2D eigenvalue weighted by Crippen LogP contribution is -1.93. The Kier molecular flexibility index (Phi) is 8.24. The molecule has 2 N–H and O–H groups in total. The number of aliphatic hydroxyl groups is 1. The van der Waals surface area contributed by atoms with E-state index in [1.807, 2.05) is 6.92 Å². The van der Waals surface area contributed by atoms with Crippen molar-refractivity contribution in [1.82, 2.24) is 0 Å². The van der Waals surface area contributed by atoms with Crippen LogP contribution in [-0.2, 0) is 14.9 Å². The molecule has 0 rings (SSSR count). The average molecular weight is 198 g/mol. The minimum Gasteiger partial charge on any atom is -0.496 e. The molecule has 0 atom stereocenters. The van der Waals surface area contributed by atoms with E-state index in [1.54, 1.807) is 0 Å². The van der Waals surface area contributed by atoms with Crippen molar-refractivity contribution < 1.29 is 22.8 Å². The Morgan fingerprint density at radius 3 is 2.00 bits per heavy atom. The van der Waals surface area contributed by atoms with E-state index < -0.39 is 10.1 Å². The molecule has 0 aromatic carbocycles. The molecular formula is C6H14O5S. The fourth-order valence-electron chi connectivity index (χ4n) is 0.250. The molecule has 6 heteroatoms. The van der Waals surface area contributed by atoms with Crippen LogP contribution in [-0.4, -0.2) is 37.5 Å². The summed E-state index contributed by atoms with van der Waals surface area (Å²) < 4.78 is 30.6. The zero-order valence-corrected chi connectivity index (χ0v) is 7.97. The van der Waals surface area contributed by atoms with Crippen molar-refractivity contribution in [2.45, 2.75) is 6.92 Å². The maximum absolute atomic E-state index is 9.19. The molecule has 12 heavy (non-hydrogen) atoms. The van der Waals surface area contributed by atoms with Crippen molar-refractivity contribution in [2.24, 2.45) is 0 Å². The van der Waals surface area contributed by atoms with E-state index in [0.29, 0.717) is 18.6 Å². The predicted molar refractivity (Wildman–Crippen MR) is 45.3 cm³/mol. The van der Waals surface area contributed by atoms with Crippen LogP contribution in [0.5, 0.6) is 0 Å². The third-order valence-corrected chi connectivity index (χ3v) is 0.525. The fourth-order valence-corrected chi connectivity index (χ4v) is 0.250. The third-order valence-electron chi connectivity index (χ3n) is 0.525. The number of hydrogen-bond acceptors (Lipinski definition) is 4. The van der Waals surface area contributed by atoms with E-state index in [9.17, 15) is 8.42 Å². The van der Waals surface area contributed by atoms with Crippen LogP contribution in [0.3, 0.4) is 0 Å². The summed E-state index contributed by atoms with van der Waals surface area (Å²) in [4.78, 5) is 0. The van der Waals surface area contributed by atoms with Gasteiger partial charge < -0.3 is 9.84 Å². The summed E-state index contributed by atoms with van der Waals surface area (Å²) in [5.41, 5.74) is 0. The normalized spacial score (nSPS) is 9.67. The highest BCUT2D eigenvalue weighted by molar-refractivity contribution is 7.85. The first kappa shape index (κ1) is 14.0. The van der Waals surface area contributed by atoms with Crippen LogP contribution in [0.1, 0.15) is 6.92 Å². The van der Waals surface area contributed by atoms with Gasteiger partial charge >= 0.3 is 0 Å². The molecule has 0 aliphatic heterocycles. The van der Waals surface area contributed by atoms with Crippen LogP contribution in [0.2, 0.25) is 0 Å². The second kappa shape index (κ2) is 7.08. The second-order valence-electron chi connectivity index (χ2n) is 1.86. The SMILES string of the molecule is C=C(CO)OCC.CS(=O)(=O)O. The molecular weight excluding hydrogens is 184 g/mol. The van der Waals surface area contributed by atoms with E-state index in [4.69, 9.17) is 14.4 Å². The number of aliphatic hydroxyl groups excluding tert-OH is 1. The third kappa shape index (κ3) is 34.2. The van der Waals surface area contributed by atoms with Gasteiger partial charge in [0.05, 0.1) is 19.5 Å². The Balaban J connectivity index is 0. The first-order valence-electron chi connectivity index (χ1n) is 3.15. The van der Waals surface area contributed by atoms with Gasteiger partial charge in [-0.3, -0.25) is 4.55 Å². The van der Waals surface area contributed by atoms with E-state index >= 15 is 0 Å². The van der Waals surface area contributed by atoms with Crippen LogP contribution in [0.4, 0.5) is 0 Å². The topological polar surface area (TPSA) is 83.8 Å². The summed E-state index contributed by atoms with van der Waals surface area (Å²) >= 11 is 0. The summed E-state index contributed by atoms with van der Waals surface area (Å²) in [6.07, 6.45) is 0.715. The fraction of sp³-hybridized carbons (Fsp3) is 0.667. The predicted octanol–water partition coefficient (Wildman–Crippen LogP) is 0.0329. The molecule has 0 heterocycles. The minimum absolute atomic E-state index is 0.0756. The lowest BCUT2D eigenvalue weighted by atomic mass is 10.6. The summed E-state index contributed by atoms with van der Waals surface area (Å²) in [6, 6.07) is 0. The van der Waals surface area contributed by atoms with Crippen molar-refractivity contribution in [3.63, 3.8) is 0 Å². The average Bonchev–Trinajstić information content (AvgIpc) is 1.85. The molecule has 0 amide bonds. The van der Waals surface area contributed by atoms with Crippen molar-refractivity contribution in [3.8, 4) is 0 Å². The van der Waals surface area contributed by atoms with Gasteiger partial charge in [-0.15, -0.1) is 0 Å². The molecule has 0 spiro atoms. The summed E-state index contributed by atoms with van der Waals surface area (Å²) in [5.74, 6) is 0.433. The number of ether oxygens (including phenoxy) is 1. The van der Waals surface area contributed by atoms with Crippen molar-refractivity contribution in [2.75, 3.05) is 19.5 Å². The van der Waals surface area contributed by atoms with Gasteiger partial charge in [0.2, 0.25) is 0 Å². The highest BCUT2D eigenvalue weighted by Crippen LogP contribution is 1.87. The van der Waals surface area contributed by atoms with Crippen LogP contribution in [0.25, 0.3) is 0 Å². The van der Waals surface area contributed by atoms with Gasteiger partial charge in [-0.2, -0.15) is 8.42 Å². The van der Waals surface area contributed by atoms with Gasteiger partial charge in [-0.25, -0.2) is 0 Å². The highest BCUT2D eigenvalue weighted by atomic mass is 32.2. The molecule has 0 saturated carbocycles. The van der Waals surface area contributed by atoms with Crippen LogP contribution in [0, 0.1) is 0 Å². The van der Waals surface area contributed by atoms with Gasteiger partial charge in [0.15, 0.2) is 0 Å². The first-order valence-corrected chi connectivity index (χ1v) is 5.00. The van der Waals surface area contributed by atoms with E-state index in [1.165, 1.54) is 0 Å². The van der Waals surface area contributed by atoms with E-state index in [0.717, 1.165) is 0 Å². The summed E-state index contributed by atoms with van der Waals surface area (Å²) in [6.45, 7) is 5.75. The monoisotopic (exact) mass is 198 g/mol. The first-order chi connectivity index (χ1) is 5.31. The Hall–Kier alpha value is -0.590. The lowest BCUT2D eigenvalue weighted by molar-refractivity contribution is 0.173. The second-order valence-corrected chi connectivity index (χ2v) is 3.33. The minimum atomic E-state index is -3.67. The van der Waals surface area contributed by atoms with Crippen molar-refractivity contribution in [1.29, 1.82) is 0 Å². The molecule has 0 unspecified atom stereocenters. The molecule has 0 radical (unpaired) electrons. The molecule has 0 saturated heterocycles. The summed E-state index contributed by atoms with van der Waals surface area (Å²) in [7, 11) is -3.67. The maximum Gasteiger partial charge on any atom is 0.261 e. The van der Waals surface area contributed by atoms with Crippen LogP contribution < -0.4 is 0 Å². The smallest absolute Gasteiger partial charge is 0.261 e. The zero-order valence-electron chi connectivity index (χ0n) is 7.15.